The number of unbranched alkanes of at least 4 members (excludes halogenated alkanes) is 1. The highest BCUT2D eigenvalue weighted by atomic mass is 13.7. The normalized spacial score (nSPS) is 11.8. The Morgan fingerprint density at radius 3 is 2.62 bits per heavy atom. The molecule has 0 nitrogen and oxygen atoms in total. The summed E-state index contributed by atoms with van der Waals surface area (Å²) in [5.74, 6) is 0. The molecule has 8 heavy (non-hydrogen) atoms. The van der Waals surface area contributed by atoms with Crippen LogP contribution < -0.4 is 0 Å². The predicted molar refractivity (Wildman–Crippen MR) is 38.5 cm³/mol. The molecule has 0 atom stereocenters. The molecule has 0 rings (SSSR count). The monoisotopic (exact) mass is 109 g/mol. The van der Waals surface area contributed by atoms with E-state index >= 15 is 0 Å². The average Bonchev–Trinajstić information content (AvgIpc) is 1.81. The first kappa shape index (κ1) is 7.48. The number of hydrogen-bond donors (Lipinski definition) is 0. The van der Waals surface area contributed by atoms with E-state index in [1.165, 1.54) is 0 Å². The molecule has 0 amide bonds. The summed E-state index contributed by atoms with van der Waals surface area (Å²) in [5.41, 5.74) is 0. The Kier molecular flexibility index (Phi) is 6.06. The summed E-state index contributed by atoms with van der Waals surface area (Å²) in [4.78, 5) is 0. The molecular formula is C8H13. The molecule has 0 fully saturated rings. The second-order valence-corrected chi connectivity index (χ2v) is 1.60. The van der Waals surface area contributed by atoms with Crippen molar-refractivity contribution >= 4 is 0 Å². The summed E-state index contributed by atoms with van der Waals surface area (Å²) in [6.45, 7) is 5.72. The minimum atomic E-state index is 0.994. The van der Waals surface area contributed by atoms with Gasteiger partial charge in [0.05, 0.1) is 0 Å². The van der Waals surface area contributed by atoms with Gasteiger partial charge in [-0.3, -0.25) is 0 Å². The van der Waals surface area contributed by atoms with Crippen LogP contribution >= 0.6 is 0 Å². The van der Waals surface area contributed by atoms with Gasteiger partial charge in [0.2, 0.25) is 0 Å². The largest absolute Gasteiger partial charge is 0.0877 e. The molecule has 0 spiro atoms. The molecule has 0 saturated carbocycles. The van der Waals surface area contributed by atoms with E-state index in [2.05, 4.69) is 13.0 Å². The van der Waals surface area contributed by atoms with E-state index in [-0.39, 0.29) is 0 Å². The molecule has 0 heteroatoms. The fraction of sp³-hybridized carbons (Fsp3) is 0.375. The zero-order valence-corrected chi connectivity index (χ0v) is 5.43. The lowest BCUT2D eigenvalue weighted by Crippen LogP contribution is -1.58. The molecule has 45 valence electrons. The maximum absolute atomic E-state index is 3.71. The van der Waals surface area contributed by atoms with Gasteiger partial charge < -0.3 is 0 Å². The number of allylic oxidation sites excluding steroid dienone is 4. The SMILES string of the molecule is [CH2]CCC=CC=CC. The molecular weight excluding hydrogens is 96.1 g/mol. The summed E-state index contributed by atoms with van der Waals surface area (Å²) < 4.78 is 0. The minimum Gasteiger partial charge on any atom is -0.0877 e. The van der Waals surface area contributed by atoms with Gasteiger partial charge in [0.25, 0.3) is 0 Å². The van der Waals surface area contributed by atoms with Crippen LogP contribution in [0, 0.1) is 6.92 Å². The number of hydrogen-bond acceptors (Lipinski definition) is 0. The van der Waals surface area contributed by atoms with Crippen LogP contribution in [0.5, 0.6) is 0 Å². The molecule has 0 aromatic carbocycles. The van der Waals surface area contributed by atoms with Crippen LogP contribution in [0.1, 0.15) is 19.8 Å². The van der Waals surface area contributed by atoms with Crippen LogP contribution in [0.2, 0.25) is 0 Å². The van der Waals surface area contributed by atoms with Gasteiger partial charge in [0.1, 0.15) is 0 Å². The summed E-state index contributed by atoms with van der Waals surface area (Å²) in [7, 11) is 0. The second kappa shape index (κ2) is 6.48. The van der Waals surface area contributed by atoms with E-state index < -0.39 is 0 Å². The van der Waals surface area contributed by atoms with Crippen LogP contribution in [0.3, 0.4) is 0 Å². The lowest BCUT2D eigenvalue weighted by molar-refractivity contribution is 1.05. The third kappa shape index (κ3) is 5.48. The summed E-state index contributed by atoms with van der Waals surface area (Å²) in [5, 5.41) is 0. The Morgan fingerprint density at radius 2 is 2.12 bits per heavy atom. The third-order valence-electron chi connectivity index (χ3n) is 0.810. The fourth-order valence-electron chi connectivity index (χ4n) is 0.404. The van der Waals surface area contributed by atoms with Crippen LogP contribution in [0.15, 0.2) is 24.3 Å². The van der Waals surface area contributed by atoms with Gasteiger partial charge in [0, 0.05) is 0 Å². The quantitative estimate of drug-likeness (QED) is 0.489. The van der Waals surface area contributed by atoms with Crippen molar-refractivity contribution in [1.29, 1.82) is 0 Å². The van der Waals surface area contributed by atoms with Crippen molar-refractivity contribution in [1.82, 2.24) is 0 Å². The molecule has 0 bridgehead atoms. The molecule has 0 aliphatic heterocycles. The van der Waals surface area contributed by atoms with Gasteiger partial charge in [-0.15, -0.1) is 0 Å². The van der Waals surface area contributed by atoms with Crippen molar-refractivity contribution < 1.29 is 0 Å². The Balaban J connectivity index is 3.07. The average molecular weight is 109 g/mol. The molecule has 0 aromatic rings. The number of rotatable bonds is 3. The lowest BCUT2D eigenvalue weighted by atomic mass is 10.3. The Morgan fingerprint density at radius 1 is 1.38 bits per heavy atom. The Labute approximate surface area is 51.9 Å². The maximum atomic E-state index is 3.71. The third-order valence-corrected chi connectivity index (χ3v) is 0.810. The molecule has 0 unspecified atom stereocenters. The minimum absolute atomic E-state index is 0.994. The zero-order valence-electron chi connectivity index (χ0n) is 5.43. The maximum Gasteiger partial charge on any atom is -0.0348 e. The van der Waals surface area contributed by atoms with E-state index in [0.29, 0.717) is 0 Å². The van der Waals surface area contributed by atoms with Gasteiger partial charge in [0.15, 0.2) is 0 Å². The first-order valence-corrected chi connectivity index (χ1v) is 2.99. The van der Waals surface area contributed by atoms with Crippen LogP contribution in [0.4, 0.5) is 0 Å². The second-order valence-electron chi connectivity index (χ2n) is 1.60. The smallest absolute Gasteiger partial charge is 0.0348 e. The Hall–Kier alpha value is -0.520. The Bertz CT molecular complexity index is 78.0. The fourth-order valence-corrected chi connectivity index (χ4v) is 0.404. The molecule has 0 saturated heterocycles. The van der Waals surface area contributed by atoms with Gasteiger partial charge in [-0.1, -0.05) is 31.2 Å². The van der Waals surface area contributed by atoms with Crippen LogP contribution in [0.25, 0.3) is 0 Å². The highest BCUT2D eigenvalue weighted by Crippen LogP contribution is 1.87. The van der Waals surface area contributed by atoms with E-state index in [4.69, 9.17) is 0 Å². The molecule has 0 aromatic heterocycles. The first-order valence-electron chi connectivity index (χ1n) is 2.99. The molecule has 0 heterocycles. The van der Waals surface area contributed by atoms with Crippen molar-refractivity contribution in [3.8, 4) is 0 Å². The van der Waals surface area contributed by atoms with Gasteiger partial charge in [-0.2, -0.15) is 0 Å². The lowest BCUT2D eigenvalue weighted by Gasteiger charge is -1.78. The van der Waals surface area contributed by atoms with E-state index in [9.17, 15) is 0 Å². The highest BCUT2D eigenvalue weighted by molar-refractivity contribution is 5.00. The van der Waals surface area contributed by atoms with Crippen LogP contribution in [-0.4, -0.2) is 0 Å². The van der Waals surface area contributed by atoms with Gasteiger partial charge in [-0.05, 0) is 19.8 Å². The van der Waals surface area contributed by atoms with E-state index in [1.54, 1.807) is 0 Å². The van der Waals surface area contributed by atoms with Gasteiger partial charge >= 0.3 is 0 Å². The van der Waals surface area contributed by atoms with Crippen molar-refractivity contribution in [2.24, 2.45) is 0 Å². The summed E-state index contributed by atoms with van der Waals surface area (Å²) in [6.07, 6.45) is 10.3. The van der Waals surface area contributed by atoms with Gasteiger partial charge in [-0.25, -0.2) is 0 Å². The summed E-state index contributed by atoms with van der Waals surface area (Å²) in [6, 6.07) is 0. The molecule has 0 aliphatic carbocycles. The van der Waals surface area contributed by atoms with Crippen molar-refractivity contribution in [3.63, 3.8) is 0 Å². The first-order chi connectivity index (χ1) is 3.91. The van der Waals surface area contributed by atoms with Crippen LogP contribution in [-0.2, 0) is 0 Å². The highest BCUT2D eigenvalue weighted by Gasteiger charge is 1.67. The van der Waals surface area contributed by atoms with Crippen molar-refractivity contribution in [3.05, 3.63) is 31.2 Å². The summed E-state index contributed by atoms with van der Waals surface area (Å²) >= 11 is 0. The zero-order chi connectivity index (χ0) is 6.24. The molecule has 0 aliphatic rings. The van der Waals surface area contributed by atoms with Crippen molar-refractivity contribution in [2.75, 3.05) is 0 Å². The van der Waals surface area contributed by atoms with E-state index in [0.717, 1.165) is 12.8 Å². The topological polar surface area (TPSA) is 0 Å². The van der Waals surface area contributed by atoms with E-state index in [1.807, 2.05) is 25.2 Å². The standard InChI is InChI=1S/C8H13/c1-3-5-7-8-6-4-2/h4,6-8H,1,3,5H2,2H3. The van der Waals surface area contributed by atoms with Crippen molar-refractivity contribution in [2.45, 2.75) is 19.8 Å². The molecule has 0 N–H and O–H groups in total. The molecule has 1 radical (unpaired) electrons. The predicted octanol–water partition coefficient (Wildman–Crippen LogP) is 2.73.